The first-order valence-electron chi connectivity index (χ1n) is 26.4. The van der Waals surface area contributed by atoms with Crippen molar-refractivity contribution in [1.29, 1.82) is 0 Å². The zero-order valence-corrected chi connectivity index (χ0v) is 40.2. The third kappa shape index (κ3) is 47.3. The largest absolute Gasteiger partial charge is 0.462 e. The second kappa shape index (κ2) is 47.5. The van der Waals surface area contributed by atoms with Gasteiger partial charge in [-0.1, -0.05) is 259 Å². The van der Waals surface area contributed by atoms with Gasteiger partial charge in [-0.15, -0.1) is 0 Å². The molecule has 0 unspecified atom stereocenters. The van der Waals surface area contributed by atoms with Crippen LogP contribution in [-0.4, -0.2) is 37.2 Å². The van der Waals surface area contributed by atoms with Gasteiger partial charge in [0, 0.05) is 19.3 Å². The molecule has 1 atom stereocenters. The Labute approximate surface area is 368 Å². The summed E-state index contributed by atoms with van der Waals surface area (Å²) >= 11 is 0. The van der Waals surface area contributed by atoms with E-state index >= 15 is 0 Å². The standard InChI is InChI=1S/C53H102O6/c1-5-7-9-11-13-15-17-18-22-25-29-33-37-41-45-52(55)58-48-50(47-57-51(54)44-40-36-32-28-16-14-12-10-8-6-2)59-53(56)46-42-38-34-30-26-23-20-19-21-24-27-31-35-39-43-49(3)4/h49-50H,5-48H2,1-4H3/t50-/m1/s1. The van der Waals surface area contributed by atoms with Gasteiger partial charge in [0.2, 0.25) is 0 Å². The molecule has 0 heterocycles. The Hall–Kier alpha value is -1.59. The van der Waals surface area contributed by atoms with Gasteiger partial charge in [0.25, 0.3) is 0 Å². The zero-order chi connectivity index (χ0) is 43.1. The lowest BCUT2D eigenvalue weighted by Crippen LogP contribution is -2.30. The van der Waals surface area contributed by atoms with Crippen LogP contribution in [0.2, 0.25) is 0 Å². The zero-order valence-electron chi connectivity index (χ0n) is 40.2. The highest BCUT2D eigenvalue weighted by Gasteiger charge is 2.19. The topological polar surface area (TPSA) is 78.9 Å². The minimum absolute atomic E-state index is 0.0625. The molecule has 6 heteroatoms. The third-order valence-corrected chi connectivity index (χ3v) is 12.0. The van der Waals surface area contributed by atoms with E-state index in [1.54, 1.807) is 0 Å². The average Bonchev–Trinajstić information content (AvgIpc) is 3.22. The van der Waals surface area contributed by atoms with Gasteiger partial charge in [0.1, 0.15) is 13.2 Å². The summed E-state index contributed by atoms with van der Waals surface area (Å²) in [7, 11) is 0. The summed E-state index contributed by atoms with van der Waals surface area (Å²) in [5, 5.41) is 0. The molecule has 0 N–H and O–H groups in total. The van der Waals surface area contributed by atoms with E-state index < -0.39 is 6.10 Å². The molecule has 0 amide bonds. The SMILES string of the molecule is CCCCCCCCCCCCCCCCC(=O)OC[C@@H](COC(=O)CCCCCCCCCCCC)OC(=O)CCCCCCCCCCCCCCCCC(C)C. The van der Waals surface area contributed by atoms with Crippen molar-refractivity contribution >= 4 is 17.9 Å². The fourth-order valence-electron chi connectivity index (χ4n) is 8.04. The maximum absolute atomic E-state index is 12.8. The number of hydrogen-bond donors (Lipinski definition) is 0. The maximum atomic E-state index is 12.8. The van der Waals surface area contributed by atoms with Crippen molar-refractivity contribution in [3.8, 4) is 0 Å². The number of carbonyl (C=O) groups is 3. The van der Waals surface area contributed by atoms with Crippen LogP contribution in [0.15, 0.2) is 0 Å². The fraction of sp³-hybridized carbons (Fsp3) is 0.943. The second-order valence-corrected chi connectivity index (χ2v) is 18.6. The first-order valence-corrected chi connectivity index (χ1v) is 26.4. The predicted molar refractivity (Wildman–Crippen MR) is 252 cm³/mol. The normalized spacial score (nSPS) is 11.9. The van der Waals surface area contributed by atoms with Crippen molar-refractivity contribution in [2.45, 2.75) is 303 Å². The lowest BCUT2D eigenvalue weighted by atomic mass is 10.0. The number of rotatable bonds is 48. The Morgan fingerprint density at radius 2 is 0.559 bits per heavy atom. The van der Waals surface area contributed by atoms with Gasteiger partial charge in [0.05, 0.1) is 0 Å². The molecule has 0 saturated carbocycles. The number of ether oxygens (including phenoxy) is 3. The van der Waals surface area contributed by atoms with Gasteiger partial charge in [-0.05, 0) is 25.2 Å². The van der Waals surface area contributed by atoms with E-state index in [1.165, 1.54) is 193 Å². The van der Waals surface area contributed by atoms with Gasteiger partial charge in [-0.25, -0.2) is 0 Å². The minimum atomic E-state index is -0.760. The average molecular weight is 835 g/mol. The van der Waals surface area contributed by atoms with Crippen LogP contribution in [0.25, 0.3) is 0 Å². The molecule has 350 valence electrons. The molecule has 0 aliphatic carbocycles. The minimum Gasteiger partial charge on any atom is -0.462 e. The molecule has 0 rings (SSSR count). The smallest absolute Gasteiger partial charge is 0.306 e. The molecule has 6 nitrogen and oxygen atoms in total. The monoisotopic (exact) mass is 835 g/mol. The van der Waals surface area contributed by atoms with Crippen molar-refractivity contribution in [3.63, 3.8) is 0 Å². The van der Waals surface area contributed by atoms with E-state index in [9.17, 15) is 14.4 Å². The maximum Gasteiger partial charge on any atom is 0.306 e. The van der Waals surface area contributed by atoms with Crippen LogP contribution in [0.4, 0.5) is 0 Å². The molecule has 0 aliphatic rings. The Morgan fingerprint density at radius 3 is 0.831 bits per heavy atom. The van der Waals surface area contributed by atoms with Crippen molar-refractivity contribution in [2.24, 2.45) is 5.92 Å². The van der Waals surface area contributed by atoms with E-state index in [4.69, 9.17) is 14.2 Å². The molecule has 0 fully saturated rings. The van der Waals surface area contributed by atoms with E-state index in [1.807, 2.05) is 0 Å². The Morgan fingerprint density at radius 1 is 0.322 bits per heavy atom. The number of esters is 3. The predicted octanol–water partition coefficient (Wildman–Crippen LogP) is 17.1. The van der Waals surface area contributed by atoms with Crippen LogP contribution in [0.5, 0.6) is 0 Å². The van der Waals surface area contributed by atoms with Crippen LogP contribution in [0.1, 0.15) is 297 Å². The van der Waals surface area contributed by atoms with Crippen molar-refractivity contribution in [1.82, 2.24) is 0 Å². The van der Waals surface area contributed by atoms with Crippen molar-refractivity contribution in [3.05, 3.63) is 0 Å². The highest BCUT2D eigenvalue weighted by Crippen LogP contribution is 2.17. The summed E-state index contributed by atoms with van der Waals surface area (Å²) in [4.78, 5) is 37.9. The summed E-state index contributed by atoms with van der Waals surface area (Å²) in [5.74, 6) is -0.000167. The van der Waals surface area contributed by atoms with E-state index in [0.717, 1.165) is 63.7 Å². The second-order valence-electron chi connectivity index (χ2n) is 18.6. The first kappa shape index (κ1) is 57.4. The first-order chi connectivity index (χ1) is 28.9. The summed E-state index contributed by atoms with van der Waals surface area (Å²) in [6, 6.07) is 0. The Bertz CT molecular complexity index is 887. The summed E-state index contributed by atoms with van der Waals surface area (Å²) in [5.41, 5.74) is 0. The van der Waals surface area contributed by atoms with Crippen LogP contribution in [0, 0.1) is 5.92 Å². The van der Waals surface area contributed by atoms with Gasteiger partial charge < -0.3 is 14.2 Å². The number of carbonyl (C=O) groups excluding carboxylic acids is 3. The number of hydrogen-bond acceptors (Lipinski definition) is 6. The highest BCUT2D eigenvalue weighted by molar-refractivity contribution is 5.71. The molecule has 0 aliphatic heterocycles. The lowest BCUT2D eigenvalue weighted by molar-refractivity contribution is -0.167. The summed E-state index contributed by atoms with van der Waals surface area (Å²) < 4.78 is 16.8. The summed E-state index contributed by atoms with van der Waals surface area (Å²) in [6.07, 6.45) is 49.4. The van der Waals surface area contributed by atoms with E-state index in [0.29, 0.717) is 19.3 Å². The van der Waals surface area contributed by atoms with Crippen LogP contribution in [0.3, 0.4) is 0 Å². The molecule has 0 radical (unpaired) electrons. The summed E-state index contributed by atoms with van der Waals surface area (Å²) in [6.45, 7) is 9.03. The molecule has 0 aromatic heterocycles. The molecule has 0 saturated heterocycles. The Balaban J connectivity index is 4.27. The molecule has 0 aromatic carbocycles. The molecular formula is C53H102O6. The fourth-order valence-corrected chi connectivity index (χ4v) is 8.04. The van der Waals surface area contributed by atoms with Crippen LogP contribution in [-0.2, 0) is 28.6 Å². The van der Waals surface area contributed by atoms with Gasteiger partial charge in [-0.3, -0.25) is 14.4 Å². The quantitative estimate of drug-likeness (QED) is 0.0345. The molecule has 0 bridgehead atoms. The molecular weight excluding hydrogens is 733 g/mol. The van der Waals surface area contributed by atoms with Gasteiger partial charge >= 0.3 is 17.9 Å². The van der Waals surface area contributed by atoms with E-state index in [-0.39, 0.29) is 31.1 Å². The third-order valence-electron chi connectivity index (χ3n) is 12.0. The lowest BCUT2D eigenvalue weighted by Gasteiger charge is -2.18. The highest BCUT2D eigenvalue weighted by atomic mass is 16.6. The van der Waals surface area contributed by atoms with Crippen molar-refractivity contribution in [2.75, 3.05) is 13.2 Å². The Kier molecular flexibility index (Phi) is 46.2. The van der Waals surface area contributed by atoms with E-state index in [2.05, 4.69) is 27.7 Å². The van der Waals surface area contributed by atoms with Crippen molar-refractivity contribution < 1.29 is 28.6 Å². The molecule has 0 spiro atoms. The van der Waals surface area contributed by atoms with Crippen LogP contribution >= 0.6 is 0 Å². The number of unbranched alkanes of at least 4 members (excludes halogenated alkanes) is 35. The van der Waals surface area contributed by atoms with Gasteiger partial charge in [0.15, 0.2) is 6.10 Å². The molecule has 0 aromatic rings. The molecule has 59 heavy (non-hydrogen) atoms. The van der Waals surface area contributed by atoms with Crippen LogP contribution < -0.4 is 0 Å². The van der Waals surface area contributed by atoms with Gasteiger partial charge in [-0.2, -0.15) is 0 Å².